The van der Waals surface area contributed by atoms with E-state index in [1.54, 1.807) is 0 Å². The number of nitrogens with two attached hydrogens (primary N) is 1. The monoisotopic (exact) mass is 255 g/mol. The van der Waals surface area contributed by atoms with Gasteiger partial charge in [-0.3, -0.25) is 0 Å². The fourth-order valence-electron chi connectivity index (χ4n) is 1.52. The van der Waals surface area contributed by atoms with Crippen LogP contribution in [0.1, 0.15) is 31.4 Å². The molecule has 0 amide bonds. The van der Waals surface area contributed by atoms with Crippen LogP contribution < -0.4 is 10.5 Å². The van der Waals surface area contributed by atoms with E-state index in [1.807, 2.05) is 25.1 Å². The first-order valence-corrected chi connectivity index (χ1v) is 6.30. The summed E-state index contributed by atoms with van der Waals surface area (Å²) >= 11 is 6.09. The molecule has 1 saturated carbocycles. The van der Waals surface area contributed by atoms with Gasteiger partial charge >= 0.3 is 0 Å². The Hall–Kier alpha value is -0.770. The van der Waals surface area contributed by atoms with Gasteiger partial charge in [-0.1, -0.05) is 17.7 Å². The molecular weight excluding hydrogens is 238 g/mol. The van der Waals surface area contributed by atoms with Gasteiger partial charge in [-0.15, -0.1) is 0 Å². The number of benzene rings is 1. The number of hydrogen-bond donors (Lipinski definition) is 1. The highest BCUT2D eigenvalue weighted by molar-refractivity contribution is 6.32. The Labute approximate surface area is 107 Å². The number of halogens is 1. The lowest BCUT2D eigenvalue weighted by Gasteiger charge is -2.11. The topological polar surface area (TPSA) is 44.5 Å². The Bertz CT molecular complexity index is 378. The minimum absolute atomic E-state index is 0.0207. The summed E-state index contributed by atoms with van der Waals surface area (Å²) in [4.78, 5) is 0. The van der Waals surface area contributed by atoms with Crippen molar-refractivity contribution < 1.29 is 9.47 Å². The fraction of sp³-hybridized carbons (Fsp3) is 0.538. The molecule has 0 heterocycles. The van der Waals surface area contributed by atoms with Crippen molar-refractivity contribution in [1.82, 2.24) is 0 Å². The molecule has 17 heavy (non-hydrogen) atoms. The van der Waals surface area contributed by atoms with E-state index in [0.29, 0.717) is 10.8 Å². The van der Waals surface area contributed by atoms with Gasteiger partial charge in [0.15, 0.2) is 6.79 Å². The quantitative estimate of drug-likeness (QED) is 0.627. The molecule has 1 unspecified atom stereocenters. The van der Waals surface area contributed by atoms with Gasteiger partial charge in [0.05, 0.1) is 11.6 Å². The number of ether oxygens (including phenoxy) is 2. The Kier molecular flexibility index (Phi) is 4.26. The third kappa shape index (κ3) is 3.87. The van der Waals surface area contributed by atoms with Gasteiger partial charge in [0.2, 0.25) is 0 Å². The van der Waals surface area contributed by atoms with Crippen LogP contribution in [0.5, 0.6) is 5.75 Å². The molecule has 2 rings (SSSR count). The van der Waals surface area contributed by atoms with Crippen molar-refractivity contribution in [1.29, 1.82) is 0 Å². The summed E-state index contributed by atoms with van der Waals surface area (Å²) in [7, 11) is 0. The lowest BCUT2D eigenvalue weighted by atomic mass is 10.1. The minimum Gasteiger partial charge on any atom is -0.466 e. The van der Waals surface area contributed by atoms with Gasteiger partial charge in [-0.2, -0.15) is 0 Å². The van der Waals surface area contributed by atoms with Crippen LogP contribution in [-0.4, -0.2) is 13.4 Å². The first-order chi connectivity index (χ1) is 8.16. The molecule has 94 valence electrons. The summed E-state index contributed by atoms with van der Waals surface area (Å²) in [6.45, 7) is 2.97. The summed E-state index contributed by atoms with van der Waals surface area (Å²) in [5.41, 5.74) is 6.77. The van der Waals surface area contributed by atoms with Crippen LogP contribution >= 0.6 is 11.6 Å². The highest BCUT2D eigenvalue weighted by Gasteiger charge is 2.21. The summed E-state index contributed by atoms with van der Waals surface area (Å²) in [6.07, 6.45) is 2.56. The highest BCUT2D eigenvalue weighted by atomic mass is 35.5. The Balaban J connectivity index is 1.82. The molecule has 1 aliphatic carbocycles. The van der Waals surface area contributed by atoms with Crippen molar-refractivity contribution in [3.05, 3.63) is 28.8 Å². The Morgan fingerprint density at radius 3 is 2.82 bits per heavy atom. The van der Waals surface area contributed by atoms with Crippen LogP contribution in [0.2, 0.25) is 5.02 Å². The van der Waals surface area contributed by atoms with E-state index in [0.717, 1.165) is 18.1 Å². The Morgan fingerprint density at radius 1 is 1.47 bits per heavy atom. The largest absolute Gasteiger partial charge is 0.466 e. The molecule has 1 fully saturated rings. The number of rotatable bonds is 6. The highest BCUT2D eigenvalue weighted by Crippen LogP contribution is 2.29. The molecule has 2 N–H and O–H groups in total. The molecule has 0 aliphatic heterocycles. The summed E-state index contributed by atoms with van der Waals surface area (Å²) in [5.74, 6) is 1.39. The van der Waals surface area contributed by atoms with Gasteiger partial charge in [0, 0.05) is 6.04 Å². The summed E-state index contributed by atoms with van der Waals surface area (Å²) in [5, 5.41) is 0.579. The summed E-state index contributed by atoms with van der Waals surface area (Å²) < 4.78 is 10.8. The maximum atomic E-state index is 6.09. The van der Waals surface area contributed by atoms with Crippen LogP contribution in [0.4, 0.5) is 0 Å². The van der Waals surface area contributed by atoms with E-state index in [1.165, 1.54) is 12.8 Å². The predicted octanol–water partition coefficient (Wildman–Crippen LogP) is 3.12. The van der Waals surface area contributed by atoms with Crippen LogP contribution in [0, 0.1) is 5.92 Å². The van der Waals surface area contributed by atoms with Crippen molar-refractivity contribution in [2.24, 2.45) is 11.7 Å². The Morgan fingerprint density at radius 2 is 2.24 bits per heavy atom. The van der Waals surface area contributed by atoms with E-state index < -0.39 is 0 Å². The second kappa shape index (κ2) is 5.71. The van der Waals surface area contributed by atoms with E-state index in [4.69, 9.17) is 26.8 Å². The third-order valence-corrected chi connectivity index (χ3v) is 3.13. The van der Waals surface area contributed by atoms with Crippen molar-refractivity contribution in [3.63, 3.8) is 0 Å². The molecule has 0 spiro atoms. The molecule has 0 aromatic heterocycles. The first kappa shape index (κ1) is 12.7. The van der Waals surface area contributed by atoms with Crippen molar-refractivity contribution in [2.75, 3.05) is 13.4 Å². The summed E-state index contributed by atoms with van der Waals surface area (Å²) in [6, 6.07) is 5.57. The molecule has 1 aromatic carbocycles. The molecule has 1 aromatic rings. The van der Waals surface area contributed by atoms with Crippen molar-refractivity contribution in [2.45, 2.75) is 25.8 Å². The maximum Gasteiger partial charge on any atom is 0.189 e. The van der Waals surface area contributed by atoms with Crippen LogP contribution in [0.3, 0.4) is 0 Å². The molecule has 1 atom stereocenters. The minimum atomic E-state index is -0.0207. The van der Waals surface area contributed by atoms with Gasteiger partial charge < -0.3 is 15.2 Å². The SMILES string of the molecule is CC(N)c1ccc(OCOCC2CC2)c(Cl)c1. The zero-order valence-electron chi connectivity index (χ0n) is 9.99. The van der Waals surface area contributed by atoms with Gasteiger partial charge in [-0.25, -0.2) is 0 Å². The molecule has 4 heteroatoms. The van der Waals surface area contributed by atoms with Gasteiger partial charge in [0.25, 0.3) is 0 Å². The van der Waals surface area contributed by atoms with Crippen LogP contribution in [-0.2, 0) is 4.74 Å². The normalized spacial score (nSPS) is 16.9. The van der Waals surface area contributed by atoms with Gasteiger partial charge in [-0.05, 0) is 43.4 Å². The van der Waals surface area contributed by atoms with Crippen molar-refractivity contribution in [3.8, 4) is 5.75 Å². The fourth-order valence-corrected chi connectivity index (χ4v) is 1.77. The molecule has 0 bridgehead atoms. The van der Waals surface area contributed by atoms with E-state index in [-0.39, 0.29) is 12.8 Å². The van der Waals surface area contributed by atoms with Gasteiger partial charge in [0.1, 0.15) is 5.75 Å². The van der Waals surface area contributed by atoms with Crippen molar-refractivity contribution >= 4 is 11.6 Å². The molecule has 0 radical (unpaired) electrons. The molecule has 0 saturated heterocycles. The second-order valence-corrected chi connectivity index (χ2v) is 4.96. The smallest absolute Gasteiger partial charge is 0.189 e. The number of hydrogen-bond acceptors (Lipinski definition) is 3. The standard InChI is InChI=1S/C13H18ClNO2/c1-9(15)11-4-5-13(12(14)6-11)17-8-16-7-10-2-3-10/h4-6,9-10H,2-3,7-8,15H2,1H3. The van der Waals surface area contributed by atoms with Crippen LogP contribution in [0.15, 0.2) is 18.2 Å². The lowest BCUT2D eigenvalue weighted by Crippen LogP contribution is -2.07. The average Bonchev–Trinajstić information content (AvgIpc) is 3.09. The van der Waals surface area contributed by atoms with Crippen LogP contribution in [0.25, 0.3) is 0 Å². The maximum absolute atomic E-state index is 6.09. The average molecular weight is 256 g/mol. The molecular formula is C13H18ClNO2. The predicted molar refractivity (Wildman–Crippen MR) is 68.2 cm³/mol. The molecule has 1 aliphatic rings. The lowest BCUT2D eigenvalue weighted by molar-refractivity contribution is 0.0100. The molecule has 3 nitrogen and oxygen atoms in total. The second-order valence-electron chi connectivity index (χ2n) is 4.55. The van der Waals surface area contributed by atoms with E-state index >= 15 is 0 Å². The zero-order chi connectivity index (χ0) is 12.3. The zero-order valence-corrected chi connectivity index (χ0v) is 10.7. The van der Waals surface area contributed by atoms with E-state index in [9.17, 15) is 0 Å². The third-order valence-electron chi connectivity index (χ3n) is 2.83. The first-order valence-electron chi connectivity index (χ1n) is 5.92. The van der Waals surface area contributed by atoms with E-state index in [2.05, 4.69) is 0 Å².